The van der Waals surface area contributed by atoms with E-state index in [1.54, 1.807) is 11.3 Å². The van der Waals surface area contributed by atoms with Gasteiger partial charge in [-0.1, -0.05) is 18.8 Å². The van der Waals surface area contributed by atoms with Gasteiger partial charge in [0, 0.05) is 29.1 Å². The number of carbonyl (C=O) groups excluding carboxylic acids is 1. The Kier molecular flexibility index (Phi) is 6.31. The summed E-state index contributed by atoms with van der Waals surface area (Å²) in [6.45, 7) is 13.1. The number of nitrogens with one attached hydrogen (secondary N) is 1. The van der Waals surface area contributed by atoms with Crippen LogP contribution in [-0.4, -0.2) is 43.2 Å². The molecule has 132 valence electrons. The fraction of sp³-hybridized carbons (Fsp3) is 0.632. The van der Waals surface area contributed by atoms with E-state index < -0.39 is 0 Å². The van der Waals surface area contributed by atoms with Crippen molar-refractivity contribution in [2.75, 3.05) is 31.6 Å². The highest BCUT2D eigenvalue weighted by Crippen LogP contribution is 2.27. The molecule has 1 aromatic rings. The molecule has 0 radical (unpaired) electrons. The first-order chi connectivity index (χ1) is 11.3. The third kappa shape index (κ3) is 5.25. The quantitative estimate of drug-likeness (QED) is 0.847. The van der Waals surface area contributed by atoms with Crippen molar-refractivity contribution in [1.29, 1.82) is 0 Å². The molecule has 1 amide bonds. The summed E-state index contributed by atoms with van der Waals surface area (Å²) in [5.74, 6) is 6.67. The van der Waals surface area contributed by atoms with Crippen molar-refractivity contribution >= 4 is 22.9 Å². The van der Waals surface area contributed by atoms with Gasteiger partial charge in [-0.2, -0.15) is 0 Å². The molecule has 2 rings (SSSR count). The third-order valence-corrected chi connectivity index (χ3v) is 4.80. The number of ether oxygens (including phenoxy) is 1. The van der Waals surface area contributed by atoms with Crippen LogP contribution >= 0.6 is 11.3 Å². The van der Waals surface area contributed by atoms with Crippen LogP contribution in [0.25, 0.3) is 0 Å². The molecule has 24 heavy (non-hydrogen) atoms. The number of nitrogens with zero attached hydrogens (tertiary/aromatic N) is 1. The zero-order valence-electron chi connectivity index (χ0n) is 15.4. The second-order valence-electron chi connectivity index (χ2n) is 7.12. The van der Waals surface area contributed by atoms with Crippen LogP contribution in [0, 0.1) is 24.2 Å². The maximum absolute atomic E-state index is 12.7. The Labute approximate surface area is 149 Å². The van der Waals surface area contributed by atoms with Crippen LogP contribution < -0.4 is 5.32 Å². The molecule has 1 saturated heterocycles. The summed E-state index contributed by atoms with van der Waals surface area (Å²) in [5, 5.41) is 3.42. The molecule has 0 unspecified atom stereocenters. The number of hydrogen-bond acceptors (Lipinski definition) is 4. The lowest BCUT2D eigenvalue weighted by Gasteiger charge is -2.30. The van der Waals surface area contributed by atoms with E-state index in [2.05, 4.69) is 50.9 Å². The van der Waals surface area contributed by atoms with Crippen LogP contribution in [0.2, 0.25) is 0 Å². The van der Waals surface area contributed by atoms with Gasteiger partial charge in [-0.15, -0.1) is 11.3 Å². The number of rotatable bonds is 4. The van der Waals surface area contributed by atoms with Crippen LogP contribution in [0.15, 0.2) is 6.07 Å². The second-order valence-corrected chi connectivity index (χ2v) is 8.38. The van der Waals surface area contributed by atoms with Gasteiger partial charge in [0.05, 0.1) is 18.1 Å². The minimum Gasteiger partial charge on any atom is -0.378 e. The number of aryl methyl sites for hydroxylation is 1. The van der Waals surface area contributed by atoms with E-state index >= 15 is 0 Å². The van der Waals surface area contributed by atoms with Crippen LogP contribution in [0.5, 0.6) is 0 Å². The number of morpholine rings is 1. The highest BCUT2D eigenvalue weighted by Gasteiger charge is 2.25. The predicted molar refractivity (Wildman–Crippen MR) is 100 cm³/mol. The van der Waals surface area contributed by atoms with E-state index in [1.807, 2.05) is 11.8 Å². The van der Waals surface area contributed by atoms with Crippen molar-refractivity contribution in [3.05, 3.63) is 15.8 Å². The monoisotopic (exact) mass is 348 g/mol. The number of anilines is 1. The molecule has 0 bridgehead atoms. The van der Waals surface area contributed by atoms with Gasteiger partial charge in [-0.05, 0) is 40.2 Å². The van der Waals surface area contributed by atoms with Crippen molar-refractivity contribution < 1.29 is 9.53 Å². The summed E-state index contributed by atoms with van der Waals surface area (Å²) in [6.07, 6.45) is 0.758. The minimum atomic E-state index is -0.195. The van der Waals surface area contributed by atoms with Crippen LogP contribution in [0.3, 0.4) is 0 Å². The molecule has 4 nitrogen and oxygen atoms in total. The normalized spacial score (nSPS) is 16.3. The van der Waals surface area contributed by atoms with Crippen molar-refractivity contribution in [3.8, 4) is 11.8 Å². The predicted octanol–water partition coefficient (Wildman–Crippen LogP) is 3.50. The van der Waals surface area contributed by atoms with Gasteiger partial charge >= 0.3 is 0 Å². The topological polar surface area (TPSA) is 41.6 Å². The van der Waals surface area contributed by atoms with Gasteiger partial charge in [0.15, 0.2) is 0 Å². The molecule has 2 heterocycles. The molecule has 0 spiro atoms. The van der Waals surface area contributed by atoms with Crippen LogP contribution in [0.4, 0.5) is 5.69 Å². The molecule has 1 atom stereocenters. The maximum atomic E-state index is 12.7. The molecule has 1 aliphatic rings. The lowest BCUT2D eigenvalue weighted by atomic mass is 9.98. The van der Waals surface area contributed by atoms with Gasteiger partial charge in [0.1, 0.15) is 6.04 Å². The Morgan fingerprint density at radius 2 is 2.08 bits per heavy atom. The summed E-state index contributed by atoms with van der Waals surface area (Å²) in [5.41, 5.74) is 1.01. The number of thiophene rings is 1. The SMILES string of the molecule is CC[C@@H](Nc1cc(C#CC(C)(C)C)sc1C)C(=O)N1CCOCC1. The van der Waals surface area contributed by atoms with Gasteiger partial charge in [0.25, 0.3) is 0 Å². The highest BCUT2D eigenvalue weighted by atomic mass is 32.1. The lowest BCUT2D eigenvalue weighted by Crippen LogP contribution is -2.47. The first-order valence-corrected chi connectivity index (χ1v) is 9.38. The average molecular weight is 349 g/mol. The fourth-order valence-electron chi connectivity index (χ4n) is 2.47. The molecular weight excluding hydrogens is 320 g/mol. The summed E-state index contributed by atoms with van der Waals surface area (Å²) < 4.78 is 5.33. The Balaban J connectivity index is 2.08. The van der Waals surface area contributed by atoms with Gasteiger partial charge in [-0.25, -0.2) is 0 Å². The van der Waals surface area contributed by atoms with E-state index in [0.717, 1.165) is 17.0 Å². The van der Waals surface area contributed by atoms with Crippen LogP contribution in [-0.2, 0) is 9.53 Å². The number of hydrogen-bond donors (Lipinski definition) is 1. The van der Waals surface area contributed by atoms with Crippen LogP contribution in [0.1, 0.15) is 43.9 Å². The first kappa shape index (κ1) is 18.8. The van der Waals surface area contributed by atoms with Gasteiger partial charge in [-0.3, -0.25) is 4.79 Å². The lowest BCUT2D eigenvalue weighted by molar-refractivity contribution is -0.136. The van der Waals surface area contributed by atoms with E-state index in [-0.39, 0.29) is 17.4 Å². The zero-order valence-corrected chi connectivity index (χ0v) is 16.2. The summed E-state index contributed by atoms with van der Waals surface area (Å²) in [7, 11) is 0. The highest BCUT2D eigenvalue weighted by molar-refractivity contribution is 7.13. The Morgan fingerprint density at radius 1 is 1.42 bits per heavy atom. The number of carbonyl (C=O) groups is 1. The molecule has 1 N–H and O–H groups in total. The van der Waals surface area contributed by atoms with Crippen molar-refractivity contribution in [3.63, 3.8) is 0 Å². The molecule has 0 saturated carbocycles. The van der Waals surface area contributed by atoms with Crippen molar-refractivity contribution in [2.45, 2.75) is 47.1 Å². The van der Waals surface area contributed by atoms with Crippen molar-refractivity contribution in [1.82, 2.24) is 4.90 Å². The maximum Gasteiger partial charge on any atom is 0.245 e. The van der Waals surface area contributed by atoms with E-state index in [1.165, 1.54) is 4.88 Å². The van der Waals surface area contributed by atoms with E-state index in [4.69, 9.17) is 4.74 Å². The molecule has 1 fully saturated rings. The summed E-state index contributed by atoms with van der Waals surface area (Å²) in [6, 6.07) is 1.87. The van der Waals surface area contributed by atoms with Crippen molar-refractivity contribution in [2.24, 2.45) is 5.41 Å². The number of amides is 1. The standard InChI is InChI=1S/C19H28N2O2S/c1-6-16(18(22)21-9-11-23-12-10-21)20-17-13-15(24-14(17)2)7-8-19(3,4)5/h13,16,20H,6,9-12H2,1-5H3/t16-/m1/s1. The summed E-state index contributed by atoms with van der Waals surface area (Å²) in [4.78, 5) is 16.8. The minimum absolute atomic E-state index is 0.0102. The largest absolute Gasteiger partial charge is 0.378 e. The average Bonchev–Trinajstić information content (AvgIpc) is 2.90. The molecule has 1 aromatic heterocycles. The molecule has 1 aliphatic heterocycles. The molecule has 0 aromatic carbocycles. The Morgan fingerprint density at radius 3 is 2.67 bits per heavy atom. The molecular formula is C19H28N2O2S. The van der Waals surface area contributed by atoms with Gasteiger partial charge < -0.3 is 15.0 Å². The second kappa shape index (κ2) is 8.04. The molecule has 0 aliphatic carbocycles. The zero-order chi connectivity index (χ0) is 17.7. The van der Waals surface area contributed by atoms with Gasteiger partial charge in [0.2, 0.25) is 5.91 Å². The first-order valence-electron chi connectivity index (χ1n) is 8.57. The smallest absolute Gasteiger partial charge is 0.245 e. The molecule has 5 heteroatoms. The van der Waals surface area contributed by atoms with E-state index in [0.29, 0.717) is 26.3 Å². The third-order valence-electron chi connectivity index (χ3n) is 3.84. The fourth-order valence-corrected chi connectivity index (χ4v) is 3.30. The Hall–Kier alpha value is -1.51. The summed E-state index contributed by atoms with van der Waals surface area (Å²) >= 11 is 1.67. The van der Waals surface area contributed by atoms with E-state index in [9.17, 15) is 4.79 Å². The Bertz CT molecular complexity index is 628.